The summed E-state index contributed by atoms with van der Waals surface area (Å²) < 4.78 is 1.43. The maximum absolute atomic E-state index is 11.1. The van der Waals surface area contributed by atoms with Gasteiger partial charge in [0.2, 0.25) is 0 Å². The van der Waals surface area contributed by atoms with Crippen LogP contribution in [0.25, 0.3) is 5.69 Å². The van der Waals surface area contributed by atoms with E-state index in [9.17, 15) is 9.90 Å². The van der Waals surface area contributed by atoms with Crippen LogP contribution in [-0.4, -0.2) is 26.4 Å². The molecule has 0 amide bonds. The highest BCUT2D eigenvalue weighted by Gasteiger charge is 2.16. The molecule has 0 fully saturated rings. The van der Waals surface area contributed by atoms with E-state index in [0.717, 1.165) is 6.29 Å². The zero-order valence-corrected chi connectivity index (χ0v) is 9.66. The van der Waals surface area contributed by atoms with Crippen LogP contribution >= 0.6 is 0 Å². The first-order chi connectivity index (χ1) is 8.13. The van der Waals surface area contributed by atoms with Gasteiger partial charge in [0.05, 0.1) is 11.4 Å². The fourth-order valence-electron chi connectivity index (χ4n) is 1.64. The van der Waals surface area contributed by atoms with Crippen LogP contribution in [0.2, 0.25) is 0 Å². The van der Waals surface area contributed by atoms with Crippen molar-refractivity contribution in [2.45, 2.75) is 19.8 Å². The van der Waals surface area contributed by atoms with E-state index in [2.05, 4.69) is 10.3 Å². The lowest BCUT2D eigenvalue weighted by Gasteiger charge is -2.04. The summed E-state index contributed by atoms with van der Waals surface area (Å²) in [5.74, 6) is 0.252. The Morgan fingerprint density at radius 1 is 1.41 bits per heavy atom. The normalized spacial score (nSPS) is 10.8. The lowest BCUT2D eigenvalue weighted by Crippen LogP contribution is -2.03. The fourth-order valence-corrected chi connectivity index (χ4v) is 1.64. The van der Waals surface area contributed by atoms with E-state index in [1.165, 1.54) is 10.7 Å². The Morgan fingerprint density at radius 3 is 2.76 bits per heavy atom. The first-order valence-corrected chi connectivity index (χ1v) is 5.33. The largest absolute Gasteiger partial charge is 0.508 e. The number of rotatable bonds is 3. The molecular formula is C12H13N3O2. The Morgan fingerprint density at radius 2 is 2.18 bits per heavy atom. The van der Waals surface area contributed by atoms with E-state index < -0.39 is 0 Å². The van der Waals surface area contributed by atoms with Crippen molar-refractivity contribution in [1.82, 2.24) is 15.0 Å². The summed E-state index contributed by atoms with van der Waals surface area (Å²) in [7, 11) is 0. The lowest BCUT2D eigenvalue weighted by molar-refractivity contribution is 0.111. The molecule has 1 aromatic carbocycles. The van der Waals surface area contributed by atoms with Crippen LogP contribution < -0.4 is 0 Å². The molecule has 1 aromatic heterocycles. The third-order valence-corrected chi connectivity index (χ3v) is 2.47. The van der Waals surface area contributed by atoms with Crippen molar-refractivity contribution < 1.29 is 9.90 Å². The van der Waals surface area contributed by atoms with E-state index in [0.29, 0.717) is 17.1 Å². The summed E-state index contributed by atoms with van der Waals surface area (Å²) in [6.45, 7) is 3.90. The Hall–Kier alpha value is -2.17. The number of phenols is 1. The quantitative estimate of drug-likeness (QED) is 0.819. The van der Waals surface area contributed by atoms with Crippen molar-refractivity contribution in [2.24, 2.45) is 0 Å². The summed E-state index contributed by atoms with van der Waals surface area (Å²) >= 11 is 0. The first kappa shape index (κ1) is 11.3. The summed E-state index contributed by atoms with van der Waals surface area (Å²) in [6, 6.07) is 6.54. The van der Waals surface area contributed by atoms with E-state index in [-0.39, 0.29) is 11.7 Å². The summed E-state index contributed by atoms with van der Waals surface area (Å²) in [5, 5.41) is 17.3. The maximum atomic E-state index is 11.1. The molecule has 0 atom stereocenters. The highest BCUT2D eigenvalue weighted by molar-refractivity contribution is 5.75. The molecule has 0 aliphatic carbocycles. The highest BCUT2D eigenvalue weighted by atomic mass is 16.3. The molecule has 0 saturated heterocycles. The molecule has 1 heterocycles. The van der Waals surface area contributed by atoms with E-state index >= 15 is 0 Å². The lowest BCUT2D eigenvalue weighted by atomic mass is 10.1. The molecule has 0 bridgehead atoms. The fraction of sp³-hybridized carbons (Fsp3) is 0.250. The van der Waals surface area contributed by atoms with Crippen LogP contribution in [0, 0.1) is 0 Å². The van der Waals surface area contributed by atoms with Crippen LogP contribution in [0.5, 0.6) is 5.75 Å². The van der Waals surface area contributed by atoms with Gasteiger partial charge in [-0.05, 0) is 18.1 Å². The van der Waals surface area contributed by atoms with Crippen molar-refractivity contribution >= 4 is 6.29 Å². The average molecular weight is 231 g/mol. The molecule has 5 heteroatoms. The summed E-state index contributed by atoms with van der Waals surface area (Å²) in [4.78, 5) is 11.1. The second-order valence-corrected chi connectivity index (χ2v) is 4.06. The molecule has 1 N–H and O–H groups in total. The minimum absolute atomic E-state index is 0.126. The SMILES string of the molecule is CC(C)c1nnn(-c2cccc(O)c2)c1C=O. The second-order valence-electron chi connectivity index (χ2n) is 4.06. The highest BCUT2D eigenvalue weighted by Crippen LogP contribution is 2.20. The molecule has 0 radical (unpaired) electrons. The third-order valence-electron chi connectivity index (χ3n) is 2.47. The van der Waals surface area contributed by atoms with Gasteiger partial charge in [0.25, 0.3) is 0 Å². The zero-order chi connectivity index (χ0) is 12.4. The van der Waals surface area contributed by atoms with Gasteiger partial charge < -0.3 is 5.11 Å². The Bertz CT molecular complexity index is 546. The smallest absolute Gasteiger partial charge is 0.170 e. The van der Waals surface area contributed by atoms with Gasteiger partial charge in [-0.1, -0.05) is 25.1 Å². The standard InChI is InChI=1S/C12H13N3O2/c1-8(2)12-11(7-16)15(14-13-12)9-4-3-5-10(17)6-9/h3-8,17H,1-2H3. The first-order valence-electron chi connectivity index (χ1n) is 5.33. The molecule has 0 aliphatic heterocycles. The predicted molar refractivity (Wildman–Crippen MR) is 62.5 cm³/mol. The Kier molecular flexibility index (Phi) is 2.91. The number of benzene rings is 1. The van der Waals surface area contributed by atoms with Crippen molar-refractivity contribution in [3.8, 4) is 11.4 Å². The minimum atomic E-state index is 0.126. The van der Waals surface area contributed by atoms with Gasteiger partial charge >= 0.3 is 0 Å². The molecule has 2 rings (SSSR count). The topological polar surface area (TPSA) is 68.0 Å². The predicted octanol–water partition coefficient (Wildman–Crippen LogP) is 1.91. The molecule has 0 unspecified atom stereocenters. The Labute approximate surface area is 98.7 Å². The Balaban J connectivity index is 2.56. The van der Waals surface area contributed by atoms with Crippen LogP contribution in [-0.2, 0) is 0 Å². The van der Waals surface area contributed by atoms with Crippen LogP contribution in [0.15, 0.2) is 24.3 Å². The average Bonchev–Trinajstić information content (AvgIpc) is 2.72. The van der Waals surface area contributed by atoms with Crippen molar-refractivity contribution in [3.63, 3.8) is 0 Å². The number of carbonyl (C=O) groups excluding carboxylic acids is 1. The van der Waals surface area contributed by atoms with Crippen LogP contribution in [0.1, 0.15) is 35.9 Å². The van der Waals surface area contributed by atoms with Gasteiger partial charge in [-0.15, -0.1) is 5.10 Å². The number of nitrogens with zero attached hydrogens (tertiary/aromatic N) is 3. The maximum Gasteiger partial charge on any atom is 0.170 e. The molecule has 2 aromatic rings. The van der Waals surface area contributed by atoms with Gasteiger partial charge in [0.1, 0.15) is 11.4 Å². The molecule has 0 spiro atoms. The number of carbonyl (C=O) groups is 1. The number of phenolic OH excluding ortho intramolecular Hbond substituents is 1. The molecular weight excluding hydrogens is 218 g/mol. The van der Waals surface area contributed by atoms with Gasteiger partial charge in [-0.2, -0.15) is 0 Å². The van der Waals surface area contributed by atoms with E-state index in [1.807, 2.05) is 13.8 Å². The van der Waals surface area contributed by atoms with Crippen LogP contribution in [0.4, 0.5) is 0 Å². The third kappa shape index (κ3) is 2.04. The second kappa shape index (κ2) is 4.37. The molecule has 5 nitrogen and oxygen atoms in total. The van der Waals surface area contributed by atoms with Crippen molar-refractivity contribution in [2.75, 3.05) is 0 Å². The van der Waals surface area contributed by atoms with E-state index in [1.54, 1.807) is 18.2 Å². The van der Waals surface area contributed by atoms with Gasteiger partial charge in [0, 0.05) is 6.07 Å². The molecule has 0 aliphatic rings. The molecule has 88 valence electrons. The monoisotopic (exact) mass is 231 g/mol. The molecule has 0 saturated carbocycles. The number of aromatic hydroxyl groups is 1. The van der Waals surface area contributed by atoms with Gasteiger partial charge in [-0.3, -0.25) is 4.79 Å². The summed E-state index contributed by atoms with van der Waals surface area (Å²) in [6.07, 6.45) is 0.735. The van der Waals surface area contributed by atoms with Crippen LogP contribution in [0.3, 0.4) is 0 Å². The molecule has 17 heavy (non-hydrogen) atoms. The van der Waals surface area contributed by atoms with Gasteiger partial charge in [0.15, 0.2) is 6.29 Å². The number of aldehydes is 1. The van der Waals surface area contributed by atoms with Crippen molar-refractivity contribution in [1.29, 1.82) is 0 Å². The number of hydrogen-bond acceptors (Lipinski definition) is 4. The number of aromatic nitrogens is 3. The number of hydrogen-bond donors (Lipinski definition) is 1. The van der Waals surface area contributed by atoms with Gasteiger partial charge in [-0.25, -0.2) is 4.68 Å². The summed E-state index contributed by atoms with van der Waals surface area (Å²) in [5.41, 5.74) is 1.69. The van der Waals surface area contributed by atoms with Crippen molar-refractivity contribution in [3.05, 3.63) is 35.7 Å². The zero-order valence-electron chi connectivity index (χ0n) is 9.66. The van der Waals surface area contributed by atoms with E-state index in [4.69, 9.17) is 0 Å². The minimum Gasteiger partial charge on any atom is -0.508 e.